The first-order valence-corrected chi connectivity index (χ1v) is 10.5. The van der Waals surface area contributed by atoms with Crippen molar-refractivity contribution in [3.8, 4) is 11.5 Å². The second kappa shape index (κ2) is 9.28. The predicted octanol–water partition coefficient (Wildman–Crippen LogP) is 1.40. The van der Waals surface area contributed by atoms with E-state index >= 15 is 0 Å². The van der Waals surface area contributed by atoms with Crippen LogP contribution in [0.15, 0.2) is 18.2 Å². The van der Waals surface area contributed by atoms with Gasteiger partial charge >= 0.3 is 0 Å². The molecule has 29 heavy (non-hydrogen) atoms. The molecule has 3 rings (SSSR count). The molecule has 0 radical (unpaired) electrons. The lowest BCUT2D eigenvalue weighted by Gasteiger charge is -2.17. The van der Waals surface area contributed by atoms with E-state index in [4.69, 9.17) is 15.2 Å². The van der Waals surface area contributed by atoms with Crippen LogP contribution in [0.5, 0.6) is 11.5 Å². The first-order valence-electron chi connectivity index (χ1n) is 9.70. The van der Waals surface area contributed by atoms with Crippen molar-refractivity contribution >= 4 is 28.2 Å². The zero-order valence-corrected chi connectivity index (χ0v) is 17.9. The minimum atomic E-state index is -0.471. The number of primary amides is 1. The number of carbonyl (C=O) groups excluding carboxylic acids is 2. The van der Waals surface area contributed by atoms with Crippen LogP contribution < -0.4 is 25.4 Å². The molecule has 2 amide bonds. The second-order valence-corrected chi connectivity index (χ2v) is 8.40. The van der Waals surface area contributed by atoms with Gasteiger partial charge in [0.05, 0.1) is 32.4 Å². The van der Waals surface area contributed by atoms with Gasteiger partial charge in [-0.1, -0.05) is 6.07 Å². The molecule has 1 heterocycles. The first-order chi connectivity index (χ1) is 13.9. The Morgan fingerprint density at radius 1 is 1.21 bits per heavy atom. The van der Waals surface area contributed by atoms with Crippen LogP contribution in [0.2, 0.25) is 0 Å². The van der Waals surface area contributed by atoms with Crippen molar-refractivity contribution in [3.63, 3.8) is 0 Å². The van der Waals surface area contributed by atoms with Gasteiger partial charge in [0.2, 0.25) is 0 Å². The summed E-state index contributed by atoms with van der Waals surface area (Å²) < 4.78 is 10.8. The largest absolute Gasteiger partial charge is 0.493 e. The lowest BCUT2D eigenvalue weighted by atomic mass is 9.95. The van der Waals surface area contributed by atoms with Crippen LogP contribution in [0.3, 0.4) is 0 Å². The number of fused-ring (bicyclic) bond motifs is 1. The van der Waals surface area contributed by atoms with E-state index < -0.39 is 5.91 Å². The Bertz CT molecular complexity index is 910. The third-order valence-corrected chi connectivity index (χ3v) is 6.32. The SMILES string of the molecule is COc1cccc(C[NH+](C)CC(=O)Nc2sc3c(c2C(N)=O)CCCC3)c1OC. The summed E-state index contributed by atoms with van der Waals surface area (Å²) in [5.74, 6) is 0.723. The highest BCUT2D eigenvalue weighted by Crippen LogP contribution is 2.37. The number of carbonyl (C=O) groups is 2. The fraction of sp³-hybridized carbons (Fsp3) is 0.429. The molecular weight excluding hydrogens is 390 g/mol. The molecular formula is C21H28N3O4S+. The molecule has 8 heteroatoms. The van der Waals surface area contributed by atoms with E-state index in [2.05, 4.69) is 5.32 Å². The Morgan fingerprint density at radius 2 is 1.97 bits per heavy atom. The van der Waals surface area contributed by atoms with Crippen LogP contribution in [0, 0.1) is 0 Å². The molecule has 7 nitrogen and oxygen atoms in total. The van der Waals surface area contributed by atoms with Gasteiger partial charge in [-0.3, -0.25) is 9.59 Å². The highest BCUT2D eigenvalue weighted by atomic mass is 32.1. The van der Waals surface area contributed by atoms with E-state index in [-0.39, 0.29) is 12.5 Å². The van der Waals surface area contributed by atoms with Gasteiger partial charge in [-0.15, -0.1) is 11.3 Å². The highest BCUT2D eigenvalue weighted by Gasteiger charge is 2.25. The molecule has 1 aliphatic rings. The molecule has 2 aromatic rings. The number of nitrogens with one attached hydrogen (secondary N) is 2. The average molecular weight is 419 g/mol. The van der Waals surface area contributed by atoms with Crippen LogP contribution in [0.1, 0.15) is 39.2 Å². The maximum Gasteiger partial charge on any atom is 0.280 e. The van der Waals surface area contributed by atoms with E-state index in [1.54, 1.807) is 14.2 Å². The van der Waals surface area contributed by atoms with Gasteiger partial charge in [-0.25, -0.2) is 0 Å². The van der Waals surface area contributed by atoms with Crippen LogP contribution in [0.4, 0.5) is 5.00 Å². The van der Waals surface area contributed by atoms with Gasteiger partial charge in [0.25, 0.3) is 11.8 Å². The standard InChI is InChI=1S/C21H27N3O4S/c1-24(11-13-7-6-9-15(27-2)19(13)28-3)12-17(25)23-21-18(20(22)26)14-8-4-5-10-16(14)29-21/h6-7,9H,4-5,8,10-12H2,1-3H3,(H2,22,26)(H,23,25)/p+1. The fourth-order valence-corrected chi connectivity index (χ4v) is 5.15. The molecule has 1 aliphatic carbocycles. The van der Waals surface area contributed by atoms with Crippen molar-refractivity contribution in [2.75, 3.05) is 33.1 Å². The number of rotatable bonds is 8. The molecule has 4 N–H and O–H groups in total. The number of amides is 2. The maximum absolute atomic E-state index is 12.6. The van der Waals surface area contributed by atoms with Crippen LogP contribution in [-0.2, 0) is 24.2 Å². The van der Waals surface area contributed by atoms with Crippen molar-refractivity contribution < 1.29 is 24.0 Å². The number of nitrogens with two attached hydrogens (primary N) is 1. The second-order valence-electron chi connectivity index (χ2n) is 7.29. The van der Waals surface area contributed by atoms with Gasteiger partial charge in [-0.2, -0.15) is 0 Å². The Kier molecular flexibility index (Phi) is 6.76. The van der Waals surface area contributed by atoms with Crippen LogP contribution >= 0.6 is 11.3 Å². The number of aryl methyl sites for hydroxylation is 1. The number of hydrogen-bond acceptors (Lipinski definition) is 5. The lowest BCUT2D eigenvalue weighted by Crippen LogP contribution is -3.08. The summed E-state index contributed by atoms with van der Waals surface area (Å²) in [4.78, 5) is 26.8. The Hall–Kier alpha value is -2.58. The Morgan fingerprint density at radius 3 is 2.66 bits per heavy atom. The van der Waals surface area contributed by atoms with E-state index in [1.165, 1.54) is 16.2 Å². The molecule has 0 saturated heterocycles. The molecule has 1 unspecified atom stereocenters. The Balaban J connectivity index is 1.69. The van der Waals surface area contributed by atoms with E-state index in [0.717, 1.165) is 41.7 Å². The number of benzene rings is 1. The normalized spacial score (nSPS) is 14.0. The van der Waals surface area contributed by atoms with E-state index in [0.29, 0.717) is 28.6 Å². The molecule has 0 spiro atoms. The van der Waals surface area contributed by atoms with Crippen LogP contribution in [0.25, 0.3) is 0 Å². The number of methoxy groups -OCH3 is 2. The highest BCUT2D eigenvalue weighted by molar-refractivity contribution is 7.17. The van der Waals surface area contributed by atoms with Crippen molar-refractivity contribution in [3.05, 3.63) is 39.8 Å². The minimum Gasteiger partial charge on any atom is -0.493 e. The van der Waals surface area contributed by atoms with Gasteiger partial charge in [0.1, 0.15) is 11.5 Å². The van der Waals surface area contributed by atoms with E-state index in [1.807, 2.05) is 25.2 Å². The number of para-hydroxylation sites is 1. The molecule has 0 bridgehead atoms. The number of quaternary nitrogens is 1. The third-order valence-electron chi connectivity index (χ3n) is 5.11. The van der Waals surface area contributed by atoms with E-state index in [9.17, 15) is 9.59 Å². The topological polar surface area (TPSA) is 95.1 Å². The fourth-order valence-electron chi connectivity index (χ4n) is 3.84. The number of thiophene rings is 1. The molecule has 0 aliphatic heterocycles. The number of likely N-dealkylation sites (N-methyl/N-ethyl adjacent to an activating group) is 1. The molecule has 1 atom stereocenters. The third kappa shape index (κ3) is 4.71. The average Bonchev–Trinajstić information content (AvgIpc) is 3.05. The monoisotopic (exact) mass is 418 g/mol. The lowest BCUT2D eigenvalue weighted by molar-refractivity contribution is -0.885. The number of anilines is 1. The zero-order valence-electron chi connectivity index (χ0n) is 17.1. The van der Waals surface area contributed by atoms with Crippen molar-refractivity contribution in [2.24, 2.45) is 5.73 Å². The molecule has 1 aromatic heterocycles. The van der Waals surface area contributed by atoms with Gasteiger partial charge in [-0.05, 0) is 43.4 Å². The summed E-state index contributed by atoms with van der Waals surface area (Å²) in [6, 6.07) is 5.70. The van der Waals surface area contributed by atoms with Crippen molar-refractivity contribution in [1.82, 2.24) is 0 Å². The summed E-state index contributed by atoms with van der Waals surface area (Å²) in [5, 5.41) is 3.50. The summed E-state index contributed by atoms with van der Waals surface area (Å²) >= 11 is 1.48. The van der Waals surface area contributed by atoms with Gasteiger partial charge in [0.15, 0.2) is 18.0 Å². The summed E-state index contributed by atoms with van der Waals surface area (Å²) in [6.07, 6.45) is 3.94. The van der Waals surface area contributed by atoms with Gasteiger partial charge in [0, 0.05) is 4.88 Å². The maximum atomic E-state index is 12.6. The summed E-state index contributed by atoms with van der Waals surface area (Å²) in [6.45, 7) is 0.846. The summed E-state index contributed by atoms with van der Waals surface area (Å²) in [5.41, 5.74) is 8.08. The smallest absolute Gasteiger partial charge is 0.280 e. The van der Waals surface area contributed by atoms with Crippen LogP contribution in [-0.4, -0.2) is 39.6 Å². The molecule has 156 valence electrons. The van der Waals surface area contributed by atoms with Gasteiger partial charge < -0.3 is 25.4 Å². The molecule has 0 fully saturated rings. The summed E-state index contributed by atoms with van der Waals surface area (Å²) in [7, 11) is 5.14. The number of hydrogen-bond donors (Lipinski definition) is 3. The van der Waals surface area contributed by atoms with Crippen molar-refractivity contribution in [1.29, 1.82) is 0 Å². The first kappa shape index (κ1) is 21.1. The molecule has 1 aromatic carbocycles. The quantitative estimate of drug-likeness (QED) is 0.604. The predicted molar refractivity (Wildman–Crippen MR) is 113 cm³/mol. The Labute approximate surface area is 174 Å². The number of ether oxygens (including phenoxy) is 2. The minimum absolute atomic E-state index is 0.148. The molecule has 0 saturated carbocycles. The van der Waals surface area contributed by atoms with Crippen molar-refractivity contribution in [2.45, 2.75) is 32.2 Å². The zero-order chi connectivity index (χ0) is 21.0.